The summed E-state index contributed by atoms with van der Waals surface area (Å²) < 4.78 is 15.7. The summed E-state index contributed by atoms with van der Waals surface area (Å²) >= 11 is 5.98. The normalized spacial score (nSPS) is 11.1. The molecule has 3 aromatic carbocycles. The summed E-state index contributed by atoms with van der Waals surface area (Å²) in [6.07, 6.45) is 0. The molecule has 0 radical (unpaired) electrons. The molecule has 0 fully saturated rings. The molecular formula is C24H20ClFN2O2. The number of para-hydroxylation sites is 1. The average Bonchev–Trinajstić information content (AvgIpc) is 3.05. The van der Waals surface area contributed by atoms with Gasteiger partial charge in [0.05, 0.1) is 0 Å². The van der Waals surface area contributed by atoms with Gasteiger partial charge in [-0.05, 0) is 29.8 Å². The highest BCUT2D eigenvalue weighted by Crippen LogP contribution is 2.28. The Hall–Kier alpha value is -3.15. The fourth-order valence-electron chi connectivity index (χ4n) is 3.70. The highest BCUT2D eigenvalue weighted by atomic mass is 35.5. The van der Waals surface area contributed by atoms with E-state index in [0.29, 0.717) is 35.8 Å². The molecule has 0 amide bonds. The first kappa shape index (κ1) is 20.1. The molecule has 0 unspecified atom stereocenters. The first-order chi connectivity index (χ1) is 14.5. The zero-order valence-corrected chi connectivity index (χ0v) is 16.9. The molecule has 0 aliphatic heterocycles. The number of rotatable bonds is 7. The van der Waals surface area contributed by atoms with Gasteiger partial charge < -0.3 is 15.0 Å². The quantitative estimate of drug-likeness (QED) is 0.415. The standard InChI is InChI=1S/C24H20ClFN2O2/c25-18-11-9-16(10-12-18)15-28-22-8-4-2-6-19(22)20(23(28)24(29)30)14-27-13-17-5-1-3-7-21(17)26/h1-12,27H,13-15H2,(H,29,30). The van der Waals surface area contributed by atoms with Crippen molar-refractivity contribution < 1.29 is 14.3 Å². The smallest absolute Gasteiger partial charge is 0.352 e. The van der Waals surface area contributed by atoms with Crippen LogP contribution < -0.4 is 5.32 Å². The van der Waals surface area contributed by atoms with Crippen molar-refractivity contribution in [2.45, 2.75) is 19.6 Å². The van der Waals surface area contributed by atoms with Crippen molar-refractivity contribution >= 4 is 28.5 Å². The Morgan fingerprint density at radius 1 is 0.967 bits per heavy atom. The molecule has 0 atom stereocenters. The molecule has 4 aromatic rings. The first-order valence-corrected chi connectivity index (χ1v) is 9.94. The summed E-state index contributed by atoms with van der Waals surface area (Å²) in [6, 6.07) is 21.5. The number of halogens is 2. The van der Waals surface area contributed by atoms with Crippen LogP contribution in [0.1, 0.15) is 27.2 Å². The van der Waals surface area contributed by atoms with Crippen LogP contribution in [0.5, 0.6) is 0 Å². The summed E-state index contributed by atoms with van der Waals surface area (Å²) in [5.74, 6) is -1.28. The summed E-state index contributed by atoms with van der Waals surface area (Å²) in [5.41, 5.74) is 3.25. The van der Waals surface area contributed by atoms with Gasteiger partial charge >= 0.3 is 5.97 Å². The van der Waals surface area contributed by atoms with Crippen molar-refractivity contribution in [3.8, 4) is 0 Å². The number of nitrogens with one attached hydrogen (secondary N) is 1. The van der Waals surface area contributed by atoms with Gasteiger partial charge in [-0.15, -0.1) is 0 Å². The Balaban J connectivity index is 1.70. The van der Waals surface area contributed by atoms with E-state index in [0.717, 1.165) is 16.5 Å². The predicted octanol–water partition coefficient (Wildman–Crippen LogP) is 5.47. The molecule has 0 bridgehead atoms. The Morgan fingerprint density at radius 3 is 2.40 bits per heavy atom. The van der Waals surface area contributed by atoms with E-state index < -0.39 is 5.97 Å². The molecule has 30 heavy (non-hydrogen) atoms. The molecule has 4 rings (SSSR count). The van der Waals surface area contributed by atoms with Crippen LogP contribution in [0.3, 0.4) is 0 Å². The summed E-state index contributed by atoms with van der Waals surface area (Å²) in [4.78, 5) is 12.2. The third-order valence-electron chi connectivity index (χ3n) is 5.11. The SMILES string of the molecule is O=C(O)c1c(CNCc2ccccc2F)c2ccccc2n1Cc1ccc(Cl)cc1. The molecule has 152 valence electrons. The van der Waals surface area contributed by atoms with E-state index in [2.05, 4.69) is 5.32 Å². The molecule has 0 aliphatic carbocycles. The van der Waals surface area contributed by atoms with Crippen molar-refractivity contribution in [1.82, 2.24) is 9.88 Å². The lowest BCUT2D eigenvalue weighted by Gasteiger charge is -2.10. The fraction of sp³-hybridized carbons (Fsp3) is 0.125. The molecule has 2 N–H and O–H groups in total. The molecular weight excluding hydrogens is 403 g/mol. The lowest BCUT2D eigenvalue weighted by Crippen LogP contribution is -2.17. The van der Waals surface area contributed by atoms with E-state index >= 15 is 0 Å². The first-order valence-electron chi connectivity index (χ1n) is 9.56. The molecule has 1 heterocycles. The van der Waals surface area contributed by atoms with E-state index in [1.165, 1.54) is 6.07 Å². The van der Waals surface area contributed by atoms with E-state index in [-0.39, 0.29) is 11.5 Å². The number of nitrogens with zero attached hydrogens (tertiary/aromatic N) is 1. The predicted molar refractivity (Wildman–Crippen MR) is 116 cm³/mol. The maximum atomic E-state index is 13.9. The van der Waals surface area contributed by atoms with Crippen molar-refractivity contribution in [3.63, 3.8) is 0 Å². The summed E-state index contributed by atoms with van der Waals surface area (Å²) in [7, 11) is 0. The summed E-state index contributed by atoms with van der Waals surface area (Å²) in [5, 5.41) is 14.7. The van der Waals surface area contributed by atoms with Gasteiger partial charge in [0.1, 0.15) is 11.5 Å². The van der Waals surface area contributed by atoms with Crippen LogP contribution in [0.25, 0.3) is 10.9 Å². The number of carbonyl (C=O) groups is 1. The third kappa shape index (κ3) is 4.08. The number of fused-ring (bicyclic) bond motifs is 1. The fourth-order valence-corrected chi connectivity index (χ4v) is 3.83. The van der Waals surface area contributed by atoms with Gasteiger partial charge in [0.2, 0.25) is 0 Å². The molecule has 4 nitrogen and oxygen atoms in total. The van der Waals surface area contributed by atoms with Gasteiger partial charge in [0, 0.05) is 46.7 Å². The number of benzene rings is 3. The van der Waals surface area contributed by atoms with Crippen molar-refractivity contribution in [2.75, 3.05) is 0 Å². The topological polar surface area (TPSA) is 54.3 Å². The monoisotopic (exact) mass is 422 g/mol. The van der Waals surface area contributed by atoms with Crippen molar-refractivity contribution in [1.29, 1.82) is 0 Å². The van der Waals surface area contributed by atoms with E-state index in [1.807, 2.05) is 36.4 Å². The minimum atomic E-state index is -0.997. The van der Waals surface area contributed by atoms with Crippen LogP contribution in [-0.2, 0) is 19.6 Å². The van der Waals surface area contributed by atoms with Crippen LogP contribution in [0.15, 0.2) is 72.8 Å². The number of carboxylic acids is 1. The number of hydrogen-bond acceptors (Lipinski definition) is 2. The van der Waals surface area contributed by atoms with Crippen LogP contribution in [0.4, 0.5) is 4.39 Å². The van der Waals surface area contributed by atoms with Crippen molar-refractivity contribution in [2.24, 2.45) is 0 Å². The largest absolute Gasteiger partial charge is 0.477 e. The van der Waals surface area contributed by atoms with Crippen LogP contribution >= 0.6 is 11.6 Å². The Labute approximate surface area is 178 Å². The van der Waals surface area contributed by atoms with Crippen LogP contribution in [0, 0.1) is 5.82 Å². The second kappa shape index (κ2) is 8.69. The molecule has 6 heteroatoms. The Morgan fingerprint density at radius 2 is 1.67 bits per heavy atom. The molecule has 0 saturated heterocycles. The van der Waals surface area contributed by atoms with E-state index in [4.69, 9.17) is 11.6 Å². The van der Waals surface area contributed by atoms with Gasteiger partial charge in [-0.3, -0.25) is 0 Å². The number of carboxylic acid groups (broad SMARTS) is 1. The maximum absolute atomic E-state index is 13.9. The van der Waals surface area contributed by atoms with Crippen molar-refractivity contribution in [3.05, 3.63) is 106 Å². The van der Waals surface area contributed by atoms with Gasteiger partial charge in [-0.2, -0.15) is 0 Å². The second-order valence-electron chi connectivity index (χ2n) is 7.06. The second-order valence-corrected chi connectivity index (χ2v) is 7.49. The lowest BCUT2D eigenvalue weighted by molar-refractivity contribution is 0.0684. The minimum absolute atomic E-state index is 0.229. The molecule has 0 saturated carbocycles. The number of aromatic nitrogens is 1. The van der Waals surface area contributed by atoms with Gasteiger partial charge in [-0.1, -0.05) is 60.1 Å². The Bertz CT molecular complexity index is 1200. The molecule has 0 aliphatic rings. The maximum Gasteiger partial charge on any atom is 0.352 e. The van der Waals surface area contributed by atoms with Gasteiger partial charge in [0.25, 0.3) is 0 Å². The summed E-state index contributed by atoms with van der Waals surface area (Å²) in [6.45, 7) is 1.03. The lowest BCUT2D eigenvalue weighted by atomic mass is 10.1. The highest BCUT2D eigenvalue weighted by Gasteiger charge is 2.22. The van der Waals surface area contributed by atoms with Crippen LogP contribution in [-0.4, -0.2) is 15.6 Å². The highest BCUT2D eigenvalue weighted by molar-refractivity contribution is 6.30. The zero-order valence-electron chi connectivity index (χ0n) is 16.1. The zero-order chi connectivity index (χ0) is 21.1. The van der Waals surface area contributed by atoms with E-state index in [9.17, 15) is 14.3 Å². The Kier molecular flexibility index (Phi) is 5.84. The number of aromatic carboxylic acids is 1. The third-order valence-corrected chi connectivity index (χ3v) is 5.36. The number of hydrogen-bond donors (Lipinski definition) is 2. The molecule has 0 spiro atoms. The minimum Gasteiger partial charge on any atom is -0.477 e. The van der Waals surface area contributed by atoms with Crippen LogP contribution in [0.2, 0.25) is 5.02 Å². The van der Waals surface area contributed by atoms with E-state index in [1.54, 1.807) is 34.9 Å². The molecule has 1 aromatic heterocycles. The van der Waals surface area contributed by atoms with Gasteiger partial charge in [0.15, 0.2) is 0 Å². The van der Waals surface area contributed by atoms with Gasteiger partial charge in [-0.25, -0.2) is 9.18 Å². The average molecular weight is 423 g/mol.